The maximum absolute atomic E-state index is 12.5. The quantitative estimate of drug-likeness (QED) is 0.443. The molecule has 8 nitrogen and oxygen atoms in total. The Hall–Kier alpha value is -2.94. The lowest BCUT2D eigenvalue weighted by Crippen LogP contribution is -2.27. The predicted molar refractivity (Wildman–Crippen MR) is 102 cm³/mol. The maximum Gasteiger partial charge on any atom is 0.412 e. The molecule has 0 saturated heterocycles. The van der Waals surface area contributed by atoms with Gasteiger partial charge in [-0.1, -0.05) is 12.1 Å². The van der Waals surface area contributed by atoms with E-state index in [0.717, 1.165) is 11.3 Å². The van der Waals surface area contributed by atoms with Crippen LogP contribution < -0.4 is 5.32 Å². The highest BCUT2D eigenvalue weighted by atomic mass is 32.1. The van der Waals surface area contributed by atoms with Gasteiger partial charge in [0.15, 0.2) is 0 Å². The second-order valence-electron chi connectivity index (χ2n) is 6.51. The van der Waals surface area contributed by atoms with Gasteiger partial charge in [0, 0.05) is 23.1 Å². The van der Waals surface area contributed by atoms with E-state index in [2.05, 4.69) is 5.32 Å². The highest BCUT2D eigenvalue weighted by molar-refractivity contribution is 7.15. The molecule has 0 radical (unpaired) electrons. The van der Waals surface area contributed by atoms with Crippen molar-refractivity contribution in [3.63, 3.8) is 0 Å². The topological polar surface area (TPSA) is 108 Å². The Labute approximate surface area is 160 Å². The van der Waals surface area contributed by atoms with Crippen LogP contribution in [0.4, 0.5) is 15.5 Å². The molecule has 2 aromatic rings. The van der Waals surface area contributed by atoms with Crippen LogP contribution in [0.5, 0.6) is 0 Å². The van der Waals surface area contributed by atoms with Crippen LogP contribution in [0.3, 0.4) is 0 Å². The molecule has 2 rings (SSSR count). The molecule has 0 fully saturated rings. The number of carbonyl (C=O) groups excluding carboxylic acids is 2. The molecule has 1 amide bonds. The van der Waals surface area contributed by atoms with Gasteiger partial charge < -0.3 is 9.47 Å². The Morgan fingerprint density at radius 2 is 2.00 bits per heavy atom. The van der Waals surface area contributed by atoms with Crippen LogP contribution >= 0.6 is 11.3 Å². The lowest BCUT2D eigenvalue weighted by atomic mass is 10.0. The predicted octanol–water partition coefficient (Wildman–Crippen LogP) is 4.85. The molecule has 0 saturated carbocycles. The lowest BCUT2D eigenvalue weighted by molar-refractivity contribution is -0.384. The third-order valence-corrected chi connectivity index (χ3v) is 4.15. The Bertz CT molecular complexity index is 869. The van der Waals surface area contributed by atoms with Crippen LogP contribution in [0.25, 0.3) is 11.1 Å². The second-order valence-corrected chi connectivity index (χ2v) is 7.39. The maximum atomic E-state index is 12.5. The molecule has 0 aliphatic rings. The molecule has 1 aromatic heterocycles. The molecular weight excluding hydrogens is 372 g/mol. The van der Waals surface area contributed by atoms with Gasteiger partial charge in [0.2, 0.25) is 0 Å². The summed E-state index contributed by atoms with van der Waals surface area (Å²) in [6, 6.07) is 5.90. The van der Waals surface area contributed by atoms with Crippen molar-refractivity contribution in [2.24, 2.45) is 0 Å². The second kappa shape index (κ2) is 8.17. The zero-order valence-electron chi connectivity index (χ0n) is 15.4. The number of esters is 1. The van der Waals surface area contributed by atoms with Crippen LogP contribution in [0.15, 0.2) is 29.6 Å². The van der Waals surface area contributed by atoms with E-state index in [1.54, 1.807) is 39.1 Å². The Kier molecular flexibility index (Phi) is 6.17. The molecule has 0 aliphatic carbocycles. The first kappa shape index (κ1) is 20.4. The number of nitro benzene ring substituents is 1. The van der Waals surface area contributed by atoms with Crippen molar-refractivity contribution in [2.75, 3.05) is 11.9 Å². The summed E-state index contributed by atoms with van der Waals surface area (Å²) in [5, 5.41) is 15.5. The fourth-order valence-corrected chi connectivity index (χ4v) is 3.19. The third-order valence-electron chi connectivity index (χ3n) is 3.25. The van der Waals surface area contributed by atoms with Crippen molar-refractivity contribution in [3.05, 3.63) is 45.3 Å². The van der Waals surface area contributed by atoms with Gasteiger partial charge in [0.25, 0.3) is 5.69 Å². The largest absolute Gasteiger partial charge is 0.462 e. The number of ether oxygens (including phenoxy) is 2. The van der Waals surface area contributed by atoms with Crippen LogP contribution in [-0.4, -0.2) is 29.2 Å². The summed E-state index contributed by atoms with van der Waals surface area (Å²) in [6.45, 7) is 6.98. The van der Waals surface area contributed by atoms with E-state index in [1.807, 2.05) is 0 Å². The number of nitro groups is 1. The zero-order valence-corrected chi connectivity index (χ0v) is 16.2. The molecule has 0 bridgehead atoms. The van der Waals surface area contributed by atoms with Crippen molar-refractivity contribution in [1.29, 1.82) is 0 Å². The summed E-state index contributed by atoms with van der Waals surface area (Å²) in [4.78, 5) is 35.1. The molecule has 0 unspecified atom stereocenters. The van der Waals surface area contributed by atoms with Crippen molar-refractivity contribution in [1.82, 2.24) is 0 Å². The molecule has 0 atom stereocenters. The number of thiophene rings is 1. The van der Waals surface area contributed by atoms with Crippen molar-refractivity contribution >= 4 is 34.1 Å². The van der Waals surface area contributed by atoms with E-state index >= 15 is 0 Å². The first-order valence-corrected chi connectivity index (χ1v) is 9.03. The Morgan fingerprint density at radius 3 is 2.59 bits per heavy atom. The summed E-state index contributed by atoms with van der Waals surface area (Å²) in [6.07, 6.45) is -0.708. The molecule has 0 aliphatic heterocycles. The molecular formula is C18H20N2O6S. The van der Waals surface area contributed by atoms with Crippen LogP contribution in [-0.2, 0) is 9.47 Å². The number of benzene rings is 1. The minimum atomic E-state index is -0.708. The van der Waals surface area contributed by atoms with E-state index in [1.165, 1.54) is 18.2 Å². The van der Waals surface area contributed by atoms with Gasteiger partial charge in [-0.3, -0.25) is 15.4 Å². The molecule has 1 aromatic carbocycles. The van der Waals surface area contributed by atoms with E-state index in [9.17, 15) is 19.7 Å². The summed E-state index contributed by atoms with van der Waals surface area (Å²) in [7, 11) is 0. The lowest BCUT2D eigenvalue weighted by Gasteiger charge is -2.19. The fourth-order valence-electron chi connectivity index (χ4n) is 2.25. The number of anilines is 1. The standard InChI is InChI=1S/C18H20N2O6S/c1-5-25-16(21)14-13(11-7-6-8-12(9-11)20(23)24)10-27-15(14)19-17(22)26-18(2,3)4/h6-10H,5H2,1-4H3,(H,19,22). The van der Waals surface area contributed by atoms with Gasteiger partial charge in [-0.15, -0.1) is 11.3 Å². The number of hydrogen-bond acceptors (Lipinski definition) is 7. The van der Waals surface area contributed by atoms with E-state index in [4.69, 9.17) is 9.47 Å². The summed E-state index contributed by atoms with van der Waals surface area (Å²) in [5.41, 5.74) is 0.242. The summed E-state index contributed by atoms with van der Waals surface area (Å²) < 4.78 is 10.3. The fraction of sp³-hybridized carbons (Fsp3) is 0.333. The van der Waals surface area contributed by atoms with Gasteiger partial charge in [0.1, 0.15) is 16.2 Å². The summed E-state index contributed by atoms with van der Waals surface area (Å²) in [5.74, 6) is -0.633. The van der Waals surface area contributed by atoms with Gasteiger partial charge in [-0.2, -0.15) is 0 Å². The number of nitrogens with zero attached hydrogens (tertiary/aromatic N) is 1. The highest BCUT2D eigenvalue weighted by Crippen LogP contribution is 2.37. The van der Waals surface area contributed by atoms with Crippen molar-refractivity contribution in [2.45, 2.75) is 33.3 Å². The summed E-state index contributed by atoms with van der Waals surface area (Å²) >= 11 is 1.11. The number of amides is 1. The smallest absolute Gasteiger partial charge is 0.412 e. The number of hydrogen-bond donors (Lipinski definition) is 1. The minimum Gasteiger partial charge on any atom is -0.462 e. The number of carbonyl (C=O) groups is 2. The molecule has 27 heavy (non-hydrogen) atoms. The monoisotopic (exact) mass is 392 g/mol. The normalized spacial score (nSPS) is 11.0. The molecule has 9 heteroatoms. The van der Waals surface area contributed by atoms with Crippen LogP contribution in [0, 0.1) is 10.1 Å². The van der Waals surface area contributed by atoms with E-state index in [-0.39, 0.29) is 22.9 Å². The minimum absolute atomic E-state index is 0.102. The number of nitrogens with one attached hydrogen (secondary N) is 1. The molecule has 1 heterocycles. The van der Waals surface area contributed by atoms with E-state index in [0.29, 0.717) is 11.1 Å². The van der Waals surface area contributed by atoms with Crippen molar-refractivity contribution in [3.8, 4) is 11.1 Å². The number of rotatable bonds is 5. The van der Waals surface area contributed by atoms with Gasteiger partial charge in [-0.05, 0) is 33.3 Å². The first-order chi connectivity index (χ1) is 12.6. The zero-order chi connectivity index (χ0) is 20.2. The Morgan fingerprint density at radius 1 is 1.30 bits per heavy atom. The average Bonchev–Trinajstić information content (AvgIpc) is 2.96. The van der Waals surface area contributed by atoms with E-state index < -0.39 is 22.6 Å². The third kappa shape index (κ3) is 5.27. The Balaban J connectivity index is 2.45. The first-order valence-electron chi connectivity index (χ1n) is 8.16. The molecule has 1 N–H and O–H groups in total. The van der Waals surface area contributed by atoms with Crippen LogP contribution in [0.2, 0.25) is 0 Å². The van der Waals surface area contributed by atoms with Gasteiger partial charge in [0.05, 0.1) is 11.5 Å². The average molecular weight is 392 g/mol. The van der Waals surface area contributed by atoms with Gasteiger partial charge in [-0.25, -0.2) is 9.59 Å². The van der Waals surface area contributed by atoms with Gasteiger partial charge >= 0.3 is 12.1 Å². The number of non-ortho nitro benzene ring substituents is 1. The molecule has 144 valence electrons. The van der Waals surface area contributed by atoms with Crippen LogP contribution in [0.1, 0.15) is 38.1 Å². The van der Waals surface area contributed by atoms with Crippen molar-refractivity contribution < 1.29 is 24.0 Å². The SMILES string of the molecule is CCOC(=O)c1c(-c2cccc([N+](=O)[O-])c2)csc1NC(=O)OC(C)(C)C. The highest BCUT2D eigenvalue weighted by Gasteiger charge is 2.25. The molecule has 0 spiro atoms.